The smallest absolute Gasteiger partial charge is 0.167 e. The van der Waals surface area contributed by atoms with E-state index in [2.05, 4.69) is 44.2 Å². The van der Waals surface area contributed by atoms with Crippen LogP contribution in [0.25, 0.3) is 16.6 Å². The van der Waals surface area contributed by atoms with E-state index in [4.69, 9.17) is 4.74 Å². The van der Waals surface area contributed by atoms with Crippen LogP contribution in [0.15, 0.2) is 42.6 Å². The van der Waals surface area contributed by atoms with Gasteiger partial charge in [0.15, 0.2) is 6.29 Å². The molecule has 3 heteroatoms. The van der Waals surface area contributed by atoms with Gasteiger partial charge in [0.25, 0.3) is 0 Å². The highest BCUT2D eigenvalue weighted by Gasteiger charge is 2.17. The predicted molar refractivity (Wildman–Crippen MR) is 121 cm³/mol. The third-order valence-corrected chi connectivity index (χ3v) is 5.63. The average Bonchev–Trinajstić information content (AvgIpc) is 3.11. The van der Waals surface area contributed by atoms with Gasteiger partial charge in [-0.05, 0) is 62.1 Å². The lowest BCUT2D eigenvalue weighted by molar-refractivity contribution is 0.111. The molecule has 0 radical (unpaired) electrons. The van der Waals surface area contributed by atoms with Crippen LogP contribution in [0, 0.1) is 6.92 Å². The fraction of sp³-hybridized carbons (Fsp3) is 0.423. The number of nitrogens with zero attached hydrogens (tertiary/aromatic N) is 1. The minimum absolute atomic E-state index is 0.604. The van der Waals surface area contributed by atoms with Crippen LogP contribution in [0.3, 0.4) is 0 Å². The molecule has 0 aliphatic rings. The summed E-state index contributed by atoms with van der Waals surface area (Å²) in [5, 5.41) is 0. The van der Waals surface area contributed by atoms with Crippen LogP contribution < -0.4 is 4.74 Å². The van der Waals surface area contributed by atoms with E-state index in [0.29, 0.717) is 12.3 Å². The molecular formula is C26H33NO2. The number of pyridine rings is 1. The lowest BCUT2D eigenvalue weighted by Gasteiger charge is -2.12. The maximum absolute atomic E-state index is 12.0. The van der Waals surface area contributed by atoms with Crippen molar-refractivity contribution in [1.82, 2.24) is 4.40 Å². The molecule has 0 N–H and O–H groups in total. The molecule has 0 aliphatic heterocycles. The van der Waals surface area contributed by atoms with Gasteiger partial charge in [0, 0.05) is 22.8 Å². The van der Waals surface area contributed by atoms with Crippen LogP contribution in [0.1, 0.15) is 74.0 Å². The SMILES string of the molecule is CCCCCCCCc1ccc(OCC)c(-c2cc3c(C)cccn3c2C=O)c1. The third-order valence-electron chi connectivity index (χ3n) is 5.63. The number of ether oxygens (including phenoxy) is 1. The zero-order chi connectivity index (χ0) is 20.6. The van der Waals surface area contributed by atoms with E-state index in [1.807, 2.05) is 23.6 Å². The van der Waals surface area contributed by atoms with Gasteiger partial charge in [-0.25, -0.2) is 0 Å². The molecule has 0 saturated heterocycles. The van der Waals surface area contributed by atoms with E-state index in [1.165, 1.54) is 44.1 Å². The van der Waals surface area contributed by atoms with Gasteiger partial charge in [0.1, 0.15) is 5.75 Å². The number of carbonyl (C=O) groups is 1. The highest BCUT2D eigenvalue weighted by atomic mass is 16.5. The lowest BCUT2D eigenvalue weighted by atomic mass is 9.98. The van der Waals surface area contributed by atoms with Crippen molar-refractivity contribution in [3.8, 4) is 16.9 Å². The number of aldehydes is 1. The second-order valence-electron chi connectivity index (χ2n) is 7.79. The summed E-state index contributed by atoms with van der Waals surface area (Å²) in [4.78, 5) is 12.0. The molecule has 154 valence electrons. The zero-order valence-corrected chi connectivity index (χ0v) is 18.0. The summed E-state index contributed by atoms with van der Waals surface area (Å²) in [6.07, 6.45) is 11.7. The Morgan fingerprint density at radius 1 is 0.966 bits per heavy atom. The number of carbonyl (C=O) groups excluding carboxylic acids is 1. The van der Waals surface area contributed by atoms with Gasteiger partial charge in [-0.2, -0.15) is 0 Å². The topological polar surface area (TPSA) is 30.7 Å². The maximum atomic E-state index is 12.0. The van der Waals surface area contributed by atoms with Crippen LogP contribution in [0.4, 0.5) is 0 Å². The van der Waals surface area contributed by atoms with Crippen LogP contribution in [0.2, 0.25) is 0 Å². The molecule has 2 heterocycles. The Morgan fingerprint density at radius 2 is 1.76 bits per heavy atom. The van der Waals surface area contributed by atoms with Crippen LogP contribution >= 0.6 is 0 Å². The molecule has 0 spiro atoms. The fourth-order valence-electron chi connectivity index (χ4n) is 4.03. The van der Waals surface area contributed by atoms with Crippen molar-refractivity contribution >= 4 is 11.8 Å². The van der Waals surface area contributed by atoms with Crippen molar-refractivity contribution in [2.45, 2.75) is 65.7 Å². The summed E-state index contributed by atoms with van der Waals surface area (Å²) in [5.74, 6) is 0.843. The highest BCUT2D eigenvalue weighted by molar-refractivity contribution is 5.92. The monoisotopic (exact) mass is 391 g/mol. The maximum Gasteiger partial charge on any atom is 0.167 e. The standard InChI is InChI=1S/C26H33NO2/c1-4-6-7-8-9-10-13-21-14-15-26(29-5-2)23(17-21)22-18-24-20(3)12-11-16-27(24)25(22)19-28/h11-12,14-19H,4-10,13H2,1-3H3. The van der Waals surface area contributed by atoms with E-state index in [-0.39, 0.29) is 0 Å². The van der Waals surface area contributed by atoms with Gasteiger partial charge < -0.3 is 9.14 Å². The molecule has 0 saturated carbocycles. The molecule has 3 nitrogen and oxygen atoms in total. The predicted octanol–water partition coefficient (Wildman–Crippen LogP) is 7.03. The van der Waals surface area contributed by atoms with Gasteiger partial charge in [0.2, 0.25) is 0 Å². The van der Waals surface area contributed by atoms with Crippen molar-refractivity contribution < 1.29 is 9.53 Å². The summed E-state index contributed by atoms with van der Waals surface area (Å²) in [7, 11) is 0. The van der Waals surface area contributed by atoms with E-state index >= 15 is 0 Å². The van der Waals surface area contributed by atoms with E-state index in [1.54, 1.807) is 0 Å². The number of aryl methyl sites for hydroxylation is 2. The summed E-state index contributed by atoms with van der Waals surface area (Å²) in [5.41, 5.74) is 6.17. The Kier molecular flexibility index (Phi) is 7.51. The summed E-state index contributed by atoms with van der Waals surface area (Å²) in [6, 6.07) is 12.6. The molecule has 29 heavy (non-hydrogen) atoms. The van der Waals surface area contributed by atoms with Crippen molar-refractivity contribution in [3.05, 3.63) is 59.4 Å². The normalized spacial score (nSPS) is 11.1. The summed E-state index contributed by atoms with van der Waals surface area (Å²) >= 11 is 0. The zero-order valence-electron chi connectivity index (χ0n) is 18.0. The second-order valence-corrected chi connectivity index (χ2v) is 7.79. The Morgan fingerprint density at radius 3 is 2.52 bits per heavy atom. The first-order valence-corrected chi connectivity index (χ1v) is 11.0. The molecule has 1 aromatic carbocycles. The number of rotatable bonds is 11. The largest absolute Gasteiger partial charge is 0.493 e. The highest BCUT2D eigenvalue weighted by Crippen LogP contribution is 2.36. The second kappa shape index (κ2) is 10.3. The van der Waals surface area contributed by atoms with Gasteiger partial charge in [-0.15, -0.1) is 0 Å². The van der Waals surface area contributed by atoms with Crippen molar-refractivity contribution in [2.24, 2.45) is 0 Å². The van der Waals surface area contributed by atoms with Gasteiger partial charge in [-0.1, -0.05) is 51.2 Å². The van der Waals surface area contributed by atoms with Crippen molar-refractivity contribution in [3.63, 3.8) is 0 Å². The Hall–Kier alpha value is -2.55. The molecule has 3 rings (SSSR count). The summed E-state index contributed by atoms with van der Waals surface area (Å²) in [6.45, 7) is 6.93. The molecule has 0 aliphatic carbocycles. The molecule has 0 unspecified atom stereocenters. The van der Waals surface area contributed by atoms with Crippen LogP contribution in [-0.4, -0.2) is 17.3 Å². The quantitative estimate of drug-likeness (QED) is 0.259. The van der Waals surface area contributed by atoms with E-state index < -0.39 is 0 Å². The molecule has 0 bridgehead atoms. The lowest BCUT2D eigenvalue weighted by Crippen LogP contribution is -1.98. The first kappa shape index (κ1) is 21.2. The Balaban J connectivity index is 1.92. The first-order valence-electron chi connectivity index (χ1n) is 11.0. The molecule has 0 amide bonds. The molecule has 3 aromatic rings. The molecule has 0 atom stereocenters. The number of benzene rings is 1. The fourth-order valence-corrected chi connectivity index (χ4v) is 4.03. The van der Waals surface area contributed by atoms with Crippen molar-refractivity contribution in [1.29, 1.82) is 0 Å². The number of fused-ring (bicyclic) bond motifs is 1. The molecular weight excluding hydrogens is 358 g/mol. The van der Waals surface area contributed by atoms with Gasteiger partial charge in [0.05, 0.1) is 12.3 Å². The average molecular weight is 392 g/mol. The first-order chi connectivity index (χ1) is 14.2. The number of hydrogen-bond donors (Lipinski definition) is 0. The molecule has 2 aromatic heterocycles. The van der Waals surface area contributed by atoms with Crippen LogP contribution in [-0.2, 0) is 6.42 Å². The van der Waals surface area contributed by atoms with Crippen molar-refractivity contribution in [2.75, 3.05) is 6.61 Å². The van der Waals surface area contributed by atoms with E-state index in [0.717, 1.165) is 40.7 Å². The van der Waals surface area contributed by atoms with Crippen LogP contribution in [0.5, 0.6) is 5.75 Å². The number of hydrogen-bond acceptors (Lipinski definition) is 2. The number of aromatic nitrogens is 1. The Labute approximate surface area is 174 Å². The van der Waals surface area contributed by atoms with Gasteiger partial charge >= 0.3 is 0 Å². The number of unbranched alkanes of at least 4 members (excludes halogenated alkanes) is 5. The Bertz CT molecular complexity index is 955. The molecule has 0 fully saturated rings. The minimum Gasteiger partial charge on any atom is -0.493 e. The summed E-state index contributed by atoms with van der Waals surface area (Å²) < 4.78 is 7.90. The third kappa shape index (κ3) is 4.90. The minimum atomic E-state index is 0.604. The van der Waals surface area contributed by atoms with E-state index in [9.17, 15) is 4.79 Å². The van der Waals surface area contributed by atoms with Gasteiger partial charge in [-0.3, -0.25) is 4.79 Å².